The van der Waals surface area contributed by atoms with Crippen LogP contribution in [0.3, 0.4) is 0 Å². The van der Waals surface area contributed by atoms with E-state index in [1.807, 2.05) is 48.8 Å². The van der Waals surface area contributed by atoms with Gasteiger partial charge in [0.25, 0.3) is 0 Å². The minimum absolute atomic E-state index is 0.119. The molecule has 0 amide bonds. The van der Waals surface area contributed by atoms with Gasteiger partial charge in [-0.2, -0.15) is 0 Å². The van der Waals surface area contributed by atoms with Gasteiger partial charge in [-0.3, -0.25) is 0 Å². The van der Waals surface area contributed by atoms with Gasteiger partial charge in [-0.1, -0.05) is 123 Å². The summed E-state index contributed by atoms with van der Waals surface area (Å²) in [5, 5.41) is 5.01. The third-order valence-corrected chi connectivity index (χ3v) is 11.4. The molecule has 4 nitrogen and oxygen atoms in total. The van der Waals surface area contributed by atoms with E-state index in [0.29, 0.717) is 0 Å². The smallest absolute Gasteiger partial charge is 0.137 e. The van der Waals surface area contributed by atoms with Gasteiger partial charge in [-0.05, 0) is 102 Å². The van der Waals surface area contributed by atoms with E-state index in [9.17, 15) is 0 Å². The molecular weight excluding hydrogens is 645 g/mol. The topological polar surface area (TPSA) is 34.6 Å². The largest absolute Gasteiger partial charge is 0.306 e. The molecule has 0 spiro atoms. The van der Waals surface area contributed by atoms with Gasteiger partial charge in [0.2, 0.25) is 0 Å². The molecule has 0 N–H and O–H groups in total. The summed E-state index contributed by atoms with van der Waals surface area (Å²) in [5.41, 5.74) is 16.2. The summed E-state index contributed by atoms with van der Waals surface area (Å²) >= 11 is 0. The van der Waals surface area contributed by atoms with Crippen molar-refractivity contribution in [1.29, 1.82) is 0 Å². The molecule has 0 aliphatic heterocycles. The molecular formula is C49H34N4. The molecule has 4 heteroatoms. The first-order valence-electron chi connectivity index (χ1n) is 18.2. The van der Waals surface area contributed by atoms with Crippen molar-refractivity contribution in [3.63, 3.8) is 0 Å². The maximum atomic E-state index is 4.90. The lowest BCUT2D eigenvalue weighted by molar-refractivity contribution is 0.661. The van der Waals surface area contributed by atoms with E-state index in [0.717, 1.165) is 33.8 Å². The zero-order valence-corrected chi connectivity index (χ0v) is 29.5. The fourth-order valence-corrected chi connectivity index (χ4v) is 8.76. The zero-order chi connectivity index (χ0) is 35.3. The van der Waals surface area contributed by atoms with E-state index >= 15 is 0 Å². The Kier molecular flexibility index (Phi) is 6.27. The molecule has 0 bridgehead atoms. The van der Waals surface area contributed by atoms with Crippen LogP contribution in [-0.2, 0) is 5.41 Å². The summed E-state index contributed by atoms with van der Waals surface area (Å²) in [4.78, 5) is 9.80. The van der Waals surface area contributed by atoms with E-state index in [2.05, 4.69) is 144 Å². The van der Waals surface area contributed by atoms with Gasteiger partial charge in [-0.25, -0.2) is 9.97 Å². The van der Waals surface area contributed by atoms with E-state index < -0.39 is 0 Å². The Hall–Kier alpha value is -6.78. The van der Waals surface area contributed by atoms with Crippen LogP contribution in [0.5, 0.6) is 0 Å². The maximum absolute atomic E-state index is 4.90. The van der Waals surface area contributed by atoms with Crippen molar-refractivity contribution >= 4 is 32.8 Å². The van der Waals surface area contributed by atoms with Gasteiger partial charge in [0.15, 0.2) is 0 Å². The Labute approximate surface area is 307 Å². The van der Waals surface area contributed by atoms with Crippen LogP contribution in [0, 0.1) is 0 Å². The molecule has 0 fully saturated rings. The SMILES string of the molecule is CC1(C)c2ccccc2-c2cc3c(-c4ccc(-c5cn6ccccc6n5)cc4)c4ccccc4c(-c4ccc(-c5cn6ccccc6n5)cc4)c3cc21. The quantitative estimate of drug-likeness (QED) is 0.174. The van der Waals surface area contributed by atoms with Crippen LogP contribution in [0.4, 0.5) is 0 Å². The van der Waals surface area contributed by atoms with Crippen molar-refractivity contribution in [3.8, 4) is 55.9 Å². The number of hydrogen-bond donors (Lipinski definition) is 0. The normalized spacial score (nSPS) is 13.2. The Morgan fingerprint density at radius 2 is 0.887 bits per heavy atom. The summed E-state index contributed by atoms with van der Waals surface area (Å²) in [6.45, 7) is 4.74. The van der Waals surface area contributed by atoms with E-state index in [4.69, 9.17) is 9.97 Å². The standard InChI is InChI=1S/C49H34N4/c1-49(2)41-14-6-5-11-35(41)38-27-39-40(28-42(38)49)48(34-23-19-32(20-24-34)44-30-53-26-10-8-16-46(53)51-44)37-13-4-3-12-36(37)47(39)33-21-17-31(18-22-33)43-29-52-25-9-7-15-45(52)50-43/h3-30H,1-2H3. The van der Waals surface area contributed by atoms with E-state index in [-0.39, 0.29) is 5.41 Å². The second-order valence-corrected chi connectivity index (χ2v) is 14.7. The number of aromatic nitrogens is 4. The second kappa shape index (κ2) is 11.1. The minimum Gasteiger partial charge on any atom is -0.306 e. The lowest BCUT2D eigenvalue weighted by atomic mass is 9.79. The average molecular weight is 679 g/mol. The monoisotopic (exact) mass is 678 g/mol. The number of fused-ring (bicyclic) bond motifs is 7. The predicted molar refractivity (Wildman–Crippen MR) is 218 cm³/mol. The number of nitrogens with zero attached hydrogens (tertiary/aromatic N) is 4. The van der Waals surface area contributed by atoms with Crippen LogP contribution in [-0.4, -0.2) is 18.8 Å². The van der Waals surface area contributed by atoms with Gasteiger partial charge in [0, 0.05) is 41.3 Å². The molecule has 0 unspecified atom stereocenters. The summed E-state index contributed by atoms with van der Waals surface area (Å²) in [7, 11) is 0. The highest BCUT2D eigenvalue weighted by molar-refractivity contribution is 6.22. The molecule has 1 aliphatic carbocycles. The highest BCUT2D eigenvalue weighted by atomic mass is 15.0. The molecule has 0 saturated heterocycles. The molecule has 4 aromatic heterocycles. The number of benzene rings is 6. The van der Waals surface area contributed by atoms with Crippen LogP contribution in [0.1, 0.15) is 25.0 Å². The summed E-state index contributed by atoms with van der Waals surface area (Å²) in [5.74, 6) is 0. The molecule has 53 heavy (non-hydrogen) atoms. The van der Waals surface area contributed by atoms with Crippen molar-refractivity contribution in [2.45, 2.75) is 19.3 Å². The minimum atomic E-state index is -0.119. The first-order chi connectivity index (χ1) is 26.0. The predicted octanol–water partition coefficient (Wildman–Crippen LogP) is 12.3. The van der Waals surface area contributed by atoms with Gasteiger partial charge in [0.05, 0.1) is 11.4 Å². The molecule has 6 aromatic carbocycles. The summed E-state index contributed by atoms with van der Waals surface area (Å²) in [6, 6.07) is 53.0. The lowest BCUT2D eigenvalue weighted by Gasteiger charge is -2.24. The second-order valence-electron chi connectivity index (χ2n) is 14.7. The molecule has 0 radical (unpaired) electrons. The van der Waals surface area contributed by atoms with E-state index in [1.165, 1.54) is 66.1 Å². The molecule has 0 saturated carbocycles. The van der Waals surface area contributed by atoms with Crippen LogP contribution >= 0.6 is 0 Å². The average Bonchev–Trinajstić information content (AvgIpc) is 3.90. The van der Waals surface area contributed by atoms with Gasteiger partial charge < -0.3 is 8.80 Å². The van der Waals surface area contributed by atoms with Crippen molar-refractivity contribution in [3.05, 3.63) is 182 Å². The summed E-state index contributed by atoms with van der Waals surface area (Å²) in [6.07, 6.45) is 8.30. The Balaban J connectivity index is 1.15. The van der Waals surface area contributed by atoms with Crippen LogP contribution in [0.15, 0.2) is 170 Å². The molecule has 4 heterocycles. The van der Waals surface area contributed by atoms with Crippen molar-refractivity contribution in [2.24, 2.45) is 0 Å². The summed E-state index contributed by atoms with van der Waals surface area (Å²) < 4.78 is 4.15. The van der Waals surface area contributed by atoms with Crippen LogP contribution in [0.25, 0.3) is 88.7 Å². The van der Waals surface area contributed by atoms with Crippen molar-refractivity contribution in [1.82, 2.24) is 18.8 Å². The van der Waals surface area contributed by atoms with Crippen molar-refractivity contribution in [2.75, 3.05) is 0 Å². The highest BCUT2D eigenvalue weighted by Gasteiger charge is 2.36. The van der Waals surface area contributed by atoms with Crippen molar-refractivity contribution < 1.29 is 0 Å². The molecule has 250 valence electrons. The number of pyridine rings is 2. The fourth-order valence-electron chi connectivity index (χ4n) is 8.76. The molecule has 11 rings (SSSR count). The molecule has 0 atom stereocenters. The number of rotatable bonds is 4. The van der Waals surface area contributed by atoms with Crippen LogP contribution < -0.4 is 0 Å². The Morgan fingerprint density at radius 3 is 1.43 bits per heavy atom. The van der Waals surface area contributed by atoms with Crippen LogP contribution in [0.2, 0.25) is 0 Å². The van der Waals surface area contributed by atoms with Gasteiger partial charge in [-0.15, -0.1) is 0 Å². The highest BCUT2D eigenvalue weighted by Crippen LogP contribution is 2.53. The molecule has 10 aromatic rings. The Bertz CT molecular complexity index is 3000. The maximum Gasteiger partial charge on any atom is 0.137 e. The fraction of sp³-hybridized carbons (Fsp3) is 0.0612. The van der Waals surface area contributed by atoms with E-state index in [1.54, 1.807) is 0 Å². The first kappa shape index (κ1) is 29.9. The zero-order valence-electron chi connectivity index (χ0n) is 29.5. The lowest BCUT2D eigenvalue weighted by Crippen LogP contribution is -2.14. The third-order valence-electron chi connectivity index (χ3n) is 11.4. The molecule has 1 aliphatic rings. The Morgan fingerprint density at radius 1 is 0.415 bits per heavy atom. The number of imidazole rings is 2. The number of hydrogen-bond acceptors (Lipinski definition) is 2. The first-order valence-corrected chi connectivity index (χ1v) is 18.2. The van der Waals surface area contributed by atoms with Gasteiger partial charge >= 0.3 is 0 Å². The third kappa shape index (κ3) is 4.49. The van der Waals surface area contributed by atoms with Gasteiger partial charge in [0.1, 0.15) is 11.3 Å².